The predicted molar refractivity (Wildman–Crippen MR) is 184 cm³/mol. The first-order chi connectivity index (χ1) is 22.4. The number of esters is 1. The molecule has 5 aromatic carbocycles. The molecule has 0 fully saturated rings. The van der Waals surface area contributed by atoms with Gasteiger partial charge in [0.05, 0.1) is 11.6 Å². The summed E-state index contributed by atoms with van der Waals surface area (Å²) in [5.41, 5.74) is 4.82. The Bertz CT molecular complexity index is 1990. The summed E-state index contributed by atoms with van der Waals surface area (Å²) in [6, 6.07) is 37.7. The van der Waals surface area contributed by atoms with E-state index in [1.54, 1.807) is 11.9 Å². The molecule has 232 valence electrons. The molecular weight excluding hydrogens is 642 g/mol. The molecule has 6 aromatic rings. The second kappa shape index (κ2) is 14.0. The molecule has 6 nitrogen and oxygen atoms in total. The van der Waals surface area contributed by atoms with Gasteiger partial charge in [-0.2, -0.15) is 0 Å². The fourth-order valence-electron chi connectivity index (χ4n) is 5.75. The highest BCUT2D eigenvalue weighted by Crippen LogP contribution is 2.35. The fourth-order valence-corrected chi connectivity index (χ4v) is 6.34. The summed E-state index contributed by atoms with van der Waals surface area (Å²) in [7, 11) is 3.16. The molecule has 0 aliphatic heterocycles. The van der Waals surface area contributed by atoms with Crippen LogP contribution in [0, 0.1) is 0 Å². The van der Waals surface area contributed by atoms with Crippen LogP contribution in [-0.4, -0.2) is 37.0 Å². The SMILES string of the molecule is COC(=O)C(Cc1ccccc1)Oc1ccc2cc(CN(C)C(=O)c3oc4ccccc4c3CCc3ccccc3)ccc2c1Br. The lowest BCUT2D eigenvalue weighted by Gasteiger charge is -2.19. The van der Waals surface area contributed by atoms with Crippen molar-refractivity contribution in [1.82, 2.24) is 4.90 Å². The van der Waals surface area contributed by atoms with Crippen LogP contribution in [-0.2, 0) is 35.3 Å². The Balaban J connectivity index is 1.20. The highest BCUT2D eigenvalue weighted by atomic mass is 79.9. The molecule has 0 spiro atoms. The summed E-state index contributed by atoms with van der Waals surface area (Å²) in [5.74, 6) is 0.343. The minimum Gasteiger partial charge on any atom is -0.477 e. The first-order valence-corrected chi connectivity index (χ1v) is 16.0. The van der Waals surface area contributed by atoms with Gasteiger partial charge in [-0.05, 0) is 74.4 Å². The second-order valence-electron chi connectivity index (χ2n) is 11.3. The number of furan rings is 1. The van der Waals surface area contributed by atoms with E-state index in [0.717, 1.165) is 43.7 Å². The van der Waals surface area contributed by atoms with Crippen molar-refractivity contribution < 1.29 is 23.5 Å². The number of halogens is 1. The van der Waals surface area contributed by atoms with Crippen LogP contribution in [0.1, 0.15) is 32.8 Å². The van der Waals surface area contributed by atoms with Gasteiger partial charge in [-0.3, -0.25) is 4.79 Å². The van der Waals surface area contributed by atoms with Gasteiger partial charge >= 0.3 is 5.97 Å². The van der Waals surface area contributed by atoms with E-state index in [0.29, 0.717) is 36.5 Å². The number of aryl methyl sites for hydroxylation is 2. The van der Waals surface area contributed by atoms with Gasteiger partial charge in [0, 0.05) is 31.0 Å². The summed E-state index contributed by atoms with van der Waals surface area (Å²) >= 11 is 3.70. The number of rotatable bonds is 11. The lowest BCUT2D eigenvalue weighted by molar-refractivity contribution is -0.148. The molecule has 1 unspecified atom stereocenters. The van der Waals surface area contributed by atoms with Crippen molar-refractivity contribution in [1.29, 1.82) is 0 Å². The van der Waals surface area contributed by atoms with Crippen molar-refractivity contribution in [2.45, 2.75) is 31.9 Å². The number of amides is 1. The quantitative estimate of drug-likeness (QED) is 0.129. The topological polar surface area (TPSA) is 69.0 Å². The molecule has 46 heavy (non-hydrogen) atoms. The maximum atomic E-state index is 13.8. The predicted octanol–water partition coefficient (Wildman–Crippen LogP) is 8.57. The third-order valence-electron chi connectivity index (χ3n) is 8.15. The van der Waals surface area contributed by atoms with Crippen molar-refractivity contribution in [3.8, 4) is 5.75 Å². The van der Waals surface area contributed by atoms with Gasteiger partial charge < -0.3 is 18.8 Å². The van der Waals surface area contributed by atoms with Crippen LogP contribution in [0.5, 0.6) is 5.75 Å². The van der Waals surface area contributed by atoms with Crippen LogP contribution in [0.4, 0.5) is 0 Å². The normalized spacial score (nSPS) is 11.8. The number of para-hydroxylation sites is 1. The van der Waals surface area contributed by atoms with Crippen LogP contribution in [0.15, 0.2) is 124 Å². The van der Waals surface area contributed by atoms with Gasteiger partial charge in [0.15, 0.2) is 11.9 Å². The highest BCUT2D eigenvalue weighted by Gasteiger charge is 2.25. The Morgan fingerprint density at radius 1 is 0.783 bits per heavy atom. The number of methoxy groups -OCH3 is 1. The molecule has 0 radical (unpaired) electrons. The lowest BCUT2D eigenvalue weighted by atomic mass is 10.0. The average Bonchev–Trinajstić information content (AvgIpc) is 3.46. The summed E-state index contributed by atoms with van der Waals surface area (Å²) in [6.45, 7) is 0.404. The van der Waals surface area contributed by atoms with Crippen molar-refractivity contribution in [3.63, 3.8) is 0 Å². The fraction of sp³-hybridized carbons (Fsp3) is 0.179. The average molecular weight is 677 g/mol. The lowest BCUT2D eigenvalue weighted by Crippen LogP contribution is -2.31. The Morgan fingerprint density at radius 3 is 2.22 bits per heavy atom. The maximum Gasteiger partial charge on any atom is 0.347 e. The van der Waals surface area contributed by atoms with E-state index in [-0.39, 0.29) is 5.91 Å². The van der Waals surface area contributed by atoms with E-state index in [9.17, 15) is 9.59 Å². The number of fused-ring (bicyclic) bond motifs is 2. The number of hydrogen-bond donors (Lipinski definition) is 0. The van der Waals surface area contributed by atoms with Crippen LogP contribution < -0.4 is 4.74 Å². The minimum absolute atomic E-state index is 0.156. The van der Waals surface area contributed by atoms with E-state index < -0.39 is 12.1 Å². The molecule has 7 heteroatoms. The first-order valence-electron chi connectivity index (χ1n) is 15.2. The zero-order chi connectivity index (χ0) is 32.0. The monoisotopic (exact) mass is 675 g/mol. The first kappa shape index (κ1) is 31.1. The van der Waals surface area contributed by atoms with Gasteiger partial charge in [0.1, 0.15) is 11.3 Å². The van der Waals surface area contributed by atoms with E-state index in [2.05, 4.69) is 34.1 Å². The molecule has 0 saturated carbocycles. The zero-order valence-electron chi connectivity index (χ0n) is 25.7. The molecule has 0 saturated heterocycles. The molecule has 0 bridgehead atoms. The number of benzene rings is 5. The summed E-state index contributed by atoms with van der Waals surface area (Å²) < 4.78 is 18.1. The van der Waals surface area contributed by atoms with Gasteiger partial charge in [0.25, 0.3) is 5.91 Å². The molecule has 0 N–H and O–H groups in total. The Kier molecular flexibility index (Phi) is 9.50. The summed E-state index contributed by atoms with van der Waals surface area (Å²) in [4.78, 5) is 28.1. The molecule has 0 aliphatic rings. The molecule has 0 aliphatic carbocycles. The summed E-state index contributed by atoms with van der Waals surface area (Å²) in [5, 5.41) is 2.88. The van der Waals surface area contributed by atoms with Crippen LogP contribution >= 0.6 is 15.9 Å². The third-order valence-corrected chi connectivity index (χ3v) is 8.96. The molecular formula is C39H34BrNO5. The van der Waals surface area contributed by atoms with Gasteiger partial charge in [-0.1, -0.05) is 97.1 Å². The molecule has 6 rings (SSSR count). The van der Waals surface area contributed by atoms with E-state index in [1.807, 2.05) is 97.1 Å². The van der Waals surface area contributed by atoms with E-state index in [1.165, 1.54) is 12.7 Å². The van der Waals surface area contributed by atoms with Crippen molar-refractivity contribution >= 4 is 49.5 Å². The third kappa shape index (κ3) is 6.85. The van der Waals surface area contributed by atoms with Gasteiger partial charge in [0.2, 0.25) is 0 Å². The van der Waals surface area contributed by atoms with Crippen LogP contribution in [0.25, 0.3) is 21.7 Å². The number of carbonyl (C=O) groups excluding carboxylic acids is 2. The van der Waals surface area contributed by atoms with Crippen molar-refractivity contribution in [2.24, 2.45) is 0 Å². The van der Waals surface area contributed by atoms with Crippen LogP contribution in [0.2, 0.25) is 0 Å². The Morgan fingerprint density at radius 2 is 1.48 bits per heavy atom. The number of nitrogens with zero attached hydrogens (tertiary/aromatic N) is 1. The highest BCUT2D eigenvalue weighted by molar-refractivity contribution is 9.10. The van der Waals surface area contributed by atoms with Gasteiger partial charge in [-0.15, -0.1) is 0 Å². The summed E-state index contributed by atoms with van der Waals surface area (Å²) in [6.07, 6.45) is 1.10. The standard InChI is InChI=1S/C39H34BrNO5/c1-41(38(42)37-32(21-17-26-11-5-3-6-12-26)31-15-9-10-16-33(31)46-37)25-28-18-20-30-29(23-28)19-22-34(36(30)40)45-35(39(43)44-2)24-27-13-7-4-8-14-27/h3-16,18-20,22-23,35H,17,21,24-25H2,1-2H3. The second-order valence-corrected chi connectivity index (χ2v) is 12.1. The Labute approximate surface area is 276 Å². The zero-order valence-corrected chi connectivity index (χ0v) is 27.3. The van der Waals surface area contributed by atoms with E-state index >= 15 is 0 Å². The molecule has 1 heterocycles. The number of carbonyl (C=O) groups is 2. The van der Waals surface area contributed by atoms with Gasteiger partial charge in [-0.25, -0.2) is 4.79 Å². The molecule has 1 amide bonds. The Hall–Kier alpha value is -4.88. The molecule has 1 atom stereocenters. The molecule has 1 aromatic heterocycles. The largest absolute Gasteiger partial charge is 0.477 e. The van der Waals surface area contributed by atoms with Crippen LogP contribution in [0.3, 0.4) is 0 Å². The van der Waals surface area contributed by atoms with Crippen molar-refractivity contribution in [2.75, 3.05) is 14.2 Å². The van der Waals surface area contributed by atoms with Crippen molar-refractivity contribution in [3.05, 3.63) is 148 Å². The minimum atomic E-state index is -0.795. The number of hydrogen-bond acceptors (Lipinski definition) is 5. The smallest absolute Gasteiger partial charge is 0.347 e. The van der Waals surface area contributed by atoms with E-state index in [4.69, 9.17) is 13.9 Å². The number of ether oxygens (including phenoxy) is 2. The maximum absolute atomic E-state index is 13.8.